The van der Waals surface area contributed by atoms with Gasteiger partial charge in [0.2, 0.25) is 0 Å². The molecule has 3 rings (SSSR count). The van der Waals surface area contributed by atoms with Crippen LogP contribution in [-0.4, -0.2) is 9.78 Å². The maximum absolute atomic E-state index is 4.57. The van der Waals surface area contributed by atoms with Crippen LogP contribution < -0.4 is 0 Å². The second kappa shape index (κ2) is 4.49. The predicted octanol–water partition coefficient (Wildman–Crippen LogP) is 3.85. The van der Waals surface area contributed by atoms with Crippen molar-refractivity contribution in [1.82, 2.24) is 9.78 Å². The first-order chi connectivity index (χ1) is 8.84. The Morgan fingerprint density at radius 2 is 1.44 bits per heavy atom. The predicted molar refractivity (Wildman–Crippen MR) is 73.7 cm³/mol. The maximum Gasteiger partial charge on any atom is 0.0676 e. The Kier molecular flexibility index (Phi) is 2.69. The fourth-order valence-electron chi connectivity index (χ4n) is 2.07. The highest BCUT2D eigenvalue weighted by molar-refractivity contribution is 5.65. The van der Waals surface area contributed by atoms with E-state index in [2.05, 4.69) is 47.7 Å². The van der Waals surface area contributed by atoms with Crippen molar-refractivity contribution in [2.24, 2.45) is 0 Å². The number of para-hydroxylation sites is 1. The van der Waals surface area contributed by atoms with Gasteiger partial charge in [-0.25, -0.2) is 4.68 Å². The Balaban J connectivity index is 2.07. The van der Waals surface area contributed by atoms with Crippen molar-refractivity contribution in [3.05, 3.63) is 72.6 Å². The first-order valence-electron chi connectivity index (χ1n) is 6.02. The quantitative estimate of drug-likeness (QED) is 0.658. The van der Waals surface area contributed by atoms with E-state index in [1.165, 1.54) is 11.1 Å². The number of aryl methyl sites for hydroxylation is 1. The lowest BCUT2D eigenvalue weighted by Crippen LogP contribution is -1.93. The molecule has 0 aliphatic rings. The van der Waals surface area contributed by atoms with Crippen LogP contribution in [0.3, 0.4) is 0 Å². The Morgan fingerprint density at radius 3 is 2.11 bits per heavy atom. The topological polar surface area (TPSA) is 17.8 Å². The molecular formula is C16H14N2. The first-order valence-corrected chi connectivity index (χ1v) is 6.02. The average Bonchev–Trinajstić information content (AvgIpc) is 2.83. The Labute approximate surface area is 107 Å². The molecule has 0 unspecified atom stereocenters. The van der Waals surface area contributed by atoms with Crippen LogP contribution in [-0.2, 0) is 0 Å². The minimum atomic E-state index is 1.05. The lowest BCUT2D eigenvalue weighted by atomic mass is 10.1. The van der Waals surface area contributed by atoms with Gasteiger partial charge in [0, 0.05) is 11.8 Å². The Bertz CT molecular complexity index is 639. The van der Waals surface area contributed by atoms with Crippen LogP contribution in [0.25, 0.3) is 16.8 Å². The van der Waals surface area contributed by atoms with E-state index >= 15 is 0 Å². The molecule has 0 aliphatic carbocycles. The SMILES string of the molecule is Cc1nn(-c2ccccc2)cc1-c1ccccc1. The molecule has 0 saturated carbocycles. The third kappa shape index (κ3) is 1.93. The smallest absolute Gasteiger partial charge is 0.0676 e. The van der Waals surface area contributed by atoms with Crippen molar-refractivity contribution in [3.63, 3.8) is 0 Å². The average molecular weight is 234 g/mol. The van der Waals surface area contributed by atoms with Crippen LogP contribution >= 0.6 is 0 Å². The molecule has 18 heavy (non-hydrogen) atoms. The molecule has 0 radical (unpaired) electrons. The first kappa shape index (κ1) is 10.8. The third-order valence-corrected chi connectivity index (χ3v) is 3.00. The van der Waals surface area contributed by atoms with Gasteiger partial charge < -0.3 is 0 Å². The zero-order chi connectivity index (χ0) is 12.4. The summed E-state index contributed by atoms with van der Waals surface area (Å²) < 4.78 is 1.93. The number of hydrogen-bond acceptors (Lipinski definition) is 1. The number of rotatable bonds is 2. The number of aromatic nitrogens is 2. The Morgan fingerprint density at radius 1 is 0.833 bits per heavy atom. The van der Waals surface area contributed by atoms with E-state index in [1.807, 2.05) is 35.9 Å². The molecule has 1 heterocycles. The molecule has 88 valence electrons. The van der Waals surface area contributed by atoms with Gasteiger partial charge in [0.15, 0.2) is 0 Å². The molecule has 2 heteroatoms. The van der Waals surface area contributed by atoms with E-state index in [4.69, 9.17) is 0 Å². The lowest BCUT2D eigenvalue weighted by Gasteiger charge is -1.99. The highest BCUT2D eigenvalue weighted by Gasteiger charge is 2.07. The van der Waals surface area contributed by atoms with E-state index in [-0.39, 0.29) is 0 Å². The van der Waals surface area contributed by atoms with Crippen LogP contribution in [0.4, 0.5) is 0 Å². The van der Waals surface area contributed by atoms with Gasteiger partial charge in [-0.1, -0.05) is 48.5 Å². The molecule has 0 amide bonds. The second-order valence-electron chi connectivity index (χ2n) is 4.27. The number of hydrogen-bond donors (Lipinski definition) is 0. The van der Waals surface area contributed by atoms with Gasteiger partial charge >= 0.3 is 0 Å². The molecule has 0 fully saturated rings. The normalized spacial score (nSPS) is 10.5. The minimum absolute atomic E-state index is 1.05. The van der Waals surface area contributed by atoms with Gasteiger partial charge in [-0.05, 0) is 24.6 Å². The molecule has 2 aromatic carbocycles. The minimum Gasteiger partial charge on any atom is -0.240 e. The molecule has 3 aromatic rings. The molecule has 2 nitrogen and oxygen atoms in total. The van der Waals surface area contributed by atoms with Crippen LogP contribution in [0.1, 0.15) is 5.69 Å². The number of nitrogens with zero attached hydrogens (tertiary/aromatic N) is 2. The van der Waals surface area contributed by atoms with Crippen molar-refractivity contribution in [1.29, 1.82) is 0 Å². The zero-order valence-electron chi connectivity index (χ0n) is 10.2. The van der Waals surface area contributed by atoms with Crippen LogP contribution in [0.5, 0.6) is 0 Å². The second-order valence-corrected chi connectivity index (χ2v) is 4.27. The largest absolute Gasteiger partial charge is 0.240 e. The van der Waals surface area contributed by atoms with Crippen molar-refractivity contribution < 1.29 is 0 Å². The number of benzene rings is 2. The van der Waals surface area contributed by atoms with Gasteiger partial charge in [-0.3, -0.25) is 0 Å². The standard InChI is InChI=1S/C16H14N2/c1-13-16(14-8-4-2-5-9-14)12-18(17-13)15-10-6-3-7-11-15/h2-12H,1H3. The van der Waals surface area contributed by atoms with Crippen molar-refractivity contribution in [2.45, 2.75) is 6.92 Å². The van der Waals surface area contributed by atoms with Gasteiger partial charge in [0.25, 0.3) is 0 Å². The van der Waals surface area contributed by atoms with Gasteiger partial charge in [-0.2, -0.15) is 5.10 Å². The van der Waals surface area contributed by atoms with Crippen LogP contribution in [0, 0.1) is 6.92 Å². The van der Waals surface area contributed by atoms with Gasteiger partial charge in [-0.15, -0.1) is 0 Å². The maximum atomic E-state index is 4.57. The molecule has 0 bridgehead atoms. The zero-order valence-corrected chi connectivity index (χ0v) is 10.2. The van der Waals surface area contributed by atoms with E-state index in [1.54, 1.807) is 0 Å². The summed E-state index contributed by atoms with van der Waals surface area (Å²) in [4.78, 5) is 0. The van der Waals surface area contributed by atoms with Gasteiger partial charge in [0.1, 0.15) is 0 Å². The van der Waals surface area contributed by atoms with Gasteiger partial charge in [0.05, 0.1) is 11.4 Å². The summed E-state index contributed by atoms with van der Waals surface area (Å²) in [5.41, 5.74) is 4.52. The molecule has 0 N–H and O–H groups in total. The lowest BCUT2D eigenvalue weighted by molar-refractivity contribution is 0.863. The third-order valence-electron chi connectivity index (χ3n) is 3.00. The Hall–Kier alpha value is -2.35. The summed E-state index contributed by atoms with van der Waals surface area (Å²) in [7, 11) is 0. The van der Waals surface area contributed by atoms with E-state index in [9.17, 15) is 0 Å². The van der Waals surface area contributed by atoms with Crippen molar-refractivity contribution in [3.8, 4) is 16.8 Å². The summed E-state index contributed by atoms with van der Waals surface area (Å²) in [6.45, 7) is 2.04. The summed E-state index contributed by atoms with van der Waals surface area (Å²) >= 11 is 0. The van der Waals surface area contributed by atoms with Crippen molar-refractivity contribution in [2.75, 3.05) is 0 Å². The monoisotopic (exact) mass is 234 g/mol. The van der Waals surface area contributed by atoms with E-state index < -0.39 is 0 Å². The fourth-order valence-corrected chi connectivity index (χ4v) is 2.07. The molecule has 0 spiro atoms. The van der Waals surface area contributed by atoms with Crippen molar-refractivity contribution >= 4 is 0 Å². The summed E-state index contributed by atoms with van der Waals surface area (Å²) in [5.74, 6) is 0. The van der Waals surface area contributed by atoms with Crippen LogP contribution in [0.2, 0.25) is 0 Å². The molecule has 0 aliphatic heterocycles. The molecule has 0 saturated heterocycles. The van der Waals surface area contributed by atoms with E-state index in [0.29, 0.717) is 0 Å². The summed E-state index contributed by atoms with van der Waals surface area (Å²) in [5, 5.41) is 4.57. The van der Waals surface area contributed by atoms with E-state index in [0.717, 1.165) is 11.4 Å². The summed E-state index contributed by atoms with van der Waals surface area (Å²) in [6, 6.07) is 20.5. The molecular weight excluding hydrogens is 220 g/mol. The summed E-state index contributed by atoms with van der Waals surface area (Å²) in [6.07, 6.45) is 2.08. The fraction of sp³-hybridized carbons (Fsp3) is 0.0625. The molecule has 0 atom stereocenters. The highest BCUT2D eigenvalue weighted by Crippen LogP contribution is 2.23. The van der Waals surface area contributed by atoms with Crippen LogP contribution in [0.15, 0.2) is 66.9 Å². The highest BCUT2D eigenvalue weighted by atomic mass is 15.3. The molecule has 1 aromatic heterocycles.